The SMILES string of the molecule is Cc1ncccc1NC(=O)NC[C@H](O)C(=O)O. The fourth-order valence-corrected chi connectivity index (χ4v) is 1.06. The molecule has 0 bridgehead atoms. The molecule has 0 radical (unpaired) electrons. The number of aliphatic carboxylic acids is 1. The van der Waals surface area contributed by atoms with E-state index in [1.54, 1.807) is 25.3 Å². The summed E-state index contributed by atoms with van der Waals surface area (Å²) in [6, 6.07) is 2.73. The van der Waals surface area contributed by atoms with E-state index in [1.165, 1.54) is 0 Å². The maximum absolute atomic E-state index is 11.3. The summed E-state index contributed by atoms with van der Waals surface area (Å²) >= 11 is 0. The van der Waals surface area contributed by atoms with Crippen LogP contribution in [0.4, 0.5) is 10.5 Å². The van der Waals surface area contributed by atoms with Crippen molar-refractivity contribution in [2.24, 2.45) is 0 Å². The molecule has 0 spiro atoms. The van der Waals surface area contributed by atoms with Crippen LogP contribution in [0.15, 0.2) is 18.3 Å². The third kappa shape index (κ3) is 4.07. The second-order valence-corrected chi connectivity index (χ2v) is 3.33. The number of aliphatic hydroxyl groups excluding tert-OH is 1. The van der Waals surface area contributed by atoms with Gasteiger partial charge >= 0.3 is 12.0 Å². The number of nitrogens with one attached hydrogen (secondary N) is 2. The number of hydrogen-bond donors (Lipinski definition) is 4. The van der Waals surface area contributed by atoms with Crippen LogP contribution in [-0.4, -0.2) is 39.8 Å². The molecule has 4 N–H and O–H groups in total. The molecule has 0 aliphatic heterocycles. The zero-order valence-electron chi connectivity index (χ0n) is 9.17. The Bertz CT molecular complexity index is 422. The summed E-state index contributed by atoms with van der Waals surface area (Å²) in [4.78, 5) is 25.6. The van der Waals surface area contributed by atoms with Crippen molar-refractivity contribution in [3.63, 3.8) is 0 Å². The van der Waals surface area contributed by atoms with Gasteiger partial charge < -0.3 is 20.8 Å². The number of carbonyl (C=O) groups is 2. The van der Waals surface area contributed by atoms with E-state index in [-0.39, 0.29) is 6.54 Å². The van der Waals surface area contributed by atoms with Crippen LogP contribution in [0.2, 0.25) is 0 Å². The van der Waals surface area contributed by atoms with Crippen molar-refractivity contribution in [2.45, 2.75) is 13.0 Å². The van der Waals surface area contributed by atoms with Crippen LogP contribution in [0.5, 0.6) is 0 Å². The van der Waals surface area contributed by atoms with Gasteiger partial charge in [-0.2, -0.15) is 0 Å². The van der Waals surface area contributed by atoms with Gasteiger partial charge in [-0.05, 0) is 19.1 Å². The number of carboxylic acid groups (broad SMARTS) is 1. The second kappa shape index (κ2) is 5.80. The molecule has 1 aromatic heterocycles. The Morgan fingerprint density at radius 3 is 2.82 bits per heavy atom. The lowest BCUT2D eigenvalue weighted by Gasteiger charge is -2.10. The average Bonchev–Trinajstić information content (AvgIpc) is 2.29. The van der Waals surface area contributed by atoms with Gasteiger partial charge in [0, 0.05) is 6.20 Å². The summed E-state index contributed by atoms with van der Waals surface area (Å²) in [6.45, 7) is 1.36. The van der Waals surface area contributed by atoms with Crippen molar-refractivity contribution in [2.75, 3.05) is 11.9 Å². The maximum Gasteiger partial charge on any atom is 0.334 e. The Balaban J connectivity index is 2.46. The lowest BCUT2D eigenvalue weighted by molar-refractivity contribution is -0.146. The smallest absolute Gasteiger partial charge is 0.334 e. The number of aliphatic hydroxyl groups is 1. The molecule has 1 aromatic rings. The molecule has 0 aromatic carbocycles. The molecule has 0 saturated heterocycles. The molecule has 0 aliphatic carbocycles. The van der Waals surface area contributed by atoms with Gasteiger partial charge in [-0.25, -0.2) is 9.59 Å². The fourth-order valence-electron chi connectivity index (χ4n) is 1.06. The number of anilines is 1. The van der Waals surface area contributed by atoms with Crippen LogP contribution in [0.1, 0.15) is 5.69 Å². The third-order valence-electron chi connectivity index (χ3n) is 2.00. The normalized spacial score (nSPS) is 11.6. The summed E-state index contributed by atoms with van der Waals surface area (Å²) in [7, 11) is 0. The van der Waals surface area contributed by atoms with Crippen molar-refractivity contribution in [3.8, 4) is 0 Å². The van der Waals surface area contributed by atoms with E-state index in [4.69, 9.17) is 10.2 Å². The van der Waals surface area contributed by atoms with E-state index >= 15 is 0 Å². The van der Waals surface area contributed by atoms with Crippen LogP contribution in [0.3, 0.4) is 0 Å². The summed E-state index contributed by atoms with van der Waals surface area (Å²) in [5.74, 6) is -1.39. The summed E-state index contributed by atoms with van der Waals surface area (Å²) in [5.41, 5.74) is 1.16. The van der Waals surface area contributed by atoms with Crippen LogP contribution in [0, 0.1) is 6.92 Å². The van der Waals surface area contributed by atoms with Gasteiger partial charge in [-0.3, -0.25) is 4.98 Å². The van der Waals surface area contributed by atoms with E-state index in [0.29, 0.717) is 11.4 Å². The Labute approximate surface area is 97.5 Å². The predicted octanol–water partition coefficient (Wildman–Crippen LogP) is -0.0430. The summed E-state index contributed by atoms with van der Waals surface area (Å²) in [6.07, 6.45) is -0.0252. The largest absolute Gasteiger partial charge is 0.479 e. The molecule has 1 atom stereocenters. The van der Waals surface area contributed by atoms with E-state index in [9.17, 15) is 9.59 Å². The molecule has 7 heteroatoms. The number of carboxylic acids is 1. The van der Waals surface area contributed by atoms with Crippen molar-refractivity contribution in [3.05, 3.63) is 24.0 Å². The van der Waals surface area contributed by atoms with Gasteiger partial charge in [0.15, 0.2) is 6.10 Å². The van der Waals surface area contributed by atoms with Crippen molar-refractivity contribution in [1.29, 1.82) is 0 Å². The fraction of sp³-hybridized carbons (Fsp3) is 0.300. The molecular formula is C10H13N3O4. The molecule has 92 valence electrons. The molecule has 2 amide bonds. The van der Waals surface area contributed by atoms with Crippen LogP contribution < -0.4 is 10.6 Å². The highest BCUT2D eigenvalue weighted by Gasteiger charge is 2.14. The Morgan fingerprint density at radius 1 is 1.53 bits per heavy atom. The topological polar surface area (TPSA) is 112 Å². The van der Waals surface area contributed by atoms with Crippen LogP contribution >= 0.6 is 0 Å². The van der Waals surface area contributed by atoms with E-state index < -0.39 is 18.1 Å². The molecule has 1 rings (SSSR count). The Morgan fingerprint density at radius 2 is 2.24 bits per heavy atom. The van der Waals surface area contributed by atoms with Crippen LogP contribution in [-0.2, 0) is 4.79 Å². The van der Waals surface area contributed by atoms with E-state index in [1.807, 2.05) is 0 Å². The van der Waals surface area contributed by atoms with Gasteiger partial charge in [-0.15, -0.1) is 0 Å². The molecule has 0 saturated carbocycles. The van der Waals surface area contributed by atoms with E-state index in [2.05, 4.69) is 15.6 Å². The van der Waals surface area contributed by atoms with Gasteiger partial charge in [0.1, 0.15) is 0 Å². The first-order valence-corrected chi connectivity index (χ1v) is 4.88. The first-order valence-electron chi connectivity index (χ1n) is 4.88. The van der Waals surface area contributed by atoms with Crippen molar-refractivity contribution < 1.29 is 19.8 Å². The minimum Gasteiger partial charge on any atom is -0.479 e. The first-order chi connectivity index (χ1) is 8.00. The molecule has 17 heavy (non-hydrogen) atoms. The highest BCUT2D eigenvalue weighted by atomic mass is 16.4. The number of amides is 2. The molecule has 1 heterocycles. The number of aryl methyl sites for hydroxylation is 1. The molecule has 0 fully saturated rings. The third-order valence-corrected chi connectivity index (χ3v) is 2.00. The average molecular weight is 239 g/mol. The number of hydrogen-bond acceptors (Lipinski definition) is 4. The Hall–Kier alpha value is -2.15. The minimum atomic E-state index is -1.62. The molecule has 0 aliphatic rings. The number of pyridine rings is 1. The Kier molecular flexibility index (Phi) is 4.41. The number of rotatable bonds is 4. The van der Waals surface area contributed by atoms with Crippen LogP contribution in [0.25, 0.3) is 0 Å². The molecule has 0 unspecified atom stereocenters. The molecular weight excluding hydrogens is 226 g/mol. The zero-order valence-corrected chi connectivity index (χ0v) is 9.17. The van der Waals surface area contributed by atoms with Gasteiger partial charge in [0.05, 0.1) is 17.9 Å². The summed E-state index contributed by atoms with van der Waals surface area (Å²) in [5, 5.41) is 22.1. The number of aromatic nitrogens is 1. The lowest BCUT2D eigenvalue weighted by Crippen LogP contribution is -2.38. The zero-order chi connectivity index (χ0) is 12.8. The highest BCUT2D eigenvalue weighted by molar-refractivity contribution is 5.90. The van der Waals surface area contributed by atoms with Gasteiger partial charge in [0.2, 0.25) is 0 Å². The number of carbonyl (C=O) groups excluding carboxylic acids is 1. The van der Waals surface area contributed by atoms with E-state index in [0.717, 1.165) is 0 Å². The standard InChI is InChI=1S/C10H13N3O4/c1-6-7(3-2-4-11-6)13-10(17)12-5-8(14)9(15)16/h2-4,8,14H,5H2,1H3,(H,15,16)(H2,12,13,17)/t8-/m0/s1. The predicted molar refractivity (Wildman–Crippen MR) is 59.6 cm³/mol. The highest BCUT2D eigenvalue weighted by Crippen LogP contribution is 2.09. The second-order valence-electron chi connectivity index (χ2n) is 3.33. The number of urea groups is 1. The lowest BCUT2D eigenvalue weighted by atomic mass is 10.3. The molecule has 7 nitrogen and oxygen atoms in total. The van der Waals surface area contributed by atoms with Crippen molar-refractivity contribution >= 4 is 17.7 Å². The first kappa shape index (κ1) is 12.9. The monoisotopic (exact) mass is 239 g/mol. The quantitative estimate of drug-likeness (QED) is 0.589. The minimum absolute atomic E-state index is 0.361. The summed E-state index contributed by atoms with van der Waals surface area (Å²) < 4.78 is 0. The number of nitrogens with zero attached hydrogens (tertiary/aromatic N) is 1. The maximum atomic E-state index is 11.3. The van der Waals surface area contributed by atoms with Crippen molar-refractivity contribution in [1.82, 2.24) is 10.3 Å². The van der Waals surface area contributed by atoms with Gasteiger partial charge in [-0.1, -0.05) is 0 Å². The van der Waals surface area contributed by atoms with Gasteiger partial charge in [0.25, 0.3) is 0 Å².